The van der Waals surface area contributed by atoms with E-state index < -0.39 is 6.04 Å². The monoisotopic (exact) mass is 589 g/mol. The van der Waals surface area contributed by atoms with Crippen LogP contribution in [-0.4, -0.2) is 53.0 Å². The Labute approximate surface area is 251 Å². The van der Waals surface area contributed by atoms with Crippen molar-refractivity contribution in [2.45, 2.75) is 45.6 Å². The minimum atomic E-state index is -0.480. The summed E-state index contributed by atoms with van der Waals surface area (Å²) in [7, 11) is 1.64. The highest BCUT2D eigenvalue weighted by molar-refractivity contribution is 6.31. The number of carbonyl (C=O) groups excluding carboxylic acids is 1. The maximum atomic E-state index is 13.9. The van der Waals surface area contributed by atoms with Gasteiger partial charge in [0, 0.05) is 22.7 Å². The molecule has 1 atom stereocenters. The number of hydrogen-bond acceptors (Lipinski definition) is 6. The molecule has 220 valence electrons. The maximum absolute atomic E-state index is 13.9. The molecule has 0 fully saturated rings. The van der Waals surface area contributed by atoms with Gasteiger partial charge in [-0.2, -0.15) is 5.10 Å². The second kappa shape index (κ2) is 13.2. The van der Waals surface area contributed by atoms with Crippen LogP contribution in [0, 0.1) is 0 Å². The minimum Gasteiger partial charge on any atom is -0.507 e. The Morgan fingerprint density at radius 2 is 1.81 bits per heavy atom. The van der Waals surface area contributed by atoms with E-state index in [1.807, 2.05) is 54.3 Å². The smallest absolute Gasteiger partial charge is 0.273 e. The van der Waals surface area contributed by atoms with Gasteiger partial charge in [0.25, 0.3) is 5.91 Å². The summed E-state index contributed by atoms with van der Waals surface area (Å²) in [5, 5.41) is 18.6. The number of aromatic amines is 1. The third kappa shape index (κ3) is 6.04. The van der Waals surface area contributed by atoms with Crippen molar-refractivity contribution >= 4 is 17.5 Å². The zero-order chi connectivity index (χ0) is 29.6. The fourth-order valence-corrected chi connectivity index (χ4v) is 5.51. The molecule has 2 heterocycles. The molecule has 5 rings (SSSR count). The van der Waals surface area contributed by atoms with Crippen LogP contribution in [0.1, 0.15) is 66.3 Å². The third-order valence-corrected chi connectivity index (χ3v) is 7.70. The third-order valence-electron chi connectivity index (χ3n) is 7.47. The molecular formula is C33H36ClN3O5. The summed E-state index contributed by atoms with van der Waals surface area (Å²) in [4.78, 5) is 15.7. The molecule has 1 aliphatic rings. The van der Waals surface area contributed by atoms with Crippen LogP contribution in [0.5, 0.6) is 23.0 Å². The zero-order valence-electron chi connectivity index (χ0n) is 24.2. The number of phenols is 1. The number of benzene rings is 3. The number of amides is 1. The van der Waals surface area contributed by atoms with Crippen molar-refractivity contribution in [3.05, 3.63) is 88.1 Å². The number of aromatic hydroxyl groups is 1. The molecule has 1 unspecified atom stereocenters. The van der Waals surface area contributed by atoms with Crippen LogP contribution in [0.15, 0.2) is 60.7 Å². The van der Waals surface area contributed by atoms with Crippen LogP contribution >= 0.6 is 11.6 Å². The van der Waals surface area contributed by atoms with Crippen LogP contribution in [0.3, 0.4) is 0 Å². The van der Waals surface area contributed by atoms with Crippen molar-refractivity contribution in [2.24, 2.45) is 0 Å². The van der Waals surface area contributed by atoms with E-state index in [0.717, 1.165) is 36.1 Å². The quantitative estimate of drug-likeness (QED) is 0.160. The first-order valence-electron chi connectivity index (χ1n) is 14.4. The molecule has 0 aliphatic carbocycles. The molecule has 1 amide bonds. The Balaban J connectivity index is 1.55. The standard InChI is InChI=1S/C33H36ClN3O5/c1-4-6-7-18-42-27-15-10-22(19-28(27)41-5-2)32-29-30(25-20-23(34)11-14-26(25)38)35-36-31(29)33(39)37(32)17-16-21-8-12-24(40-3)13-9-21/h8-15,19-20,32,38H,4-7,16-18H2,1-3H3,(H,35,36). The molecule has 2 N–H and O–H groups in total. The van der Waals surface area contributed by atoms with E-state index >= 15 is 0 Å². The molecule has 0 saturated heterocycles. The Hall–Kier alpha value is -4.17. The van der Waals surface area contributed by atoms with E-state index in [0.29, 0.717) is 65.2 Å². The van der Waals surface area contributed by atoms with E-state index in [2.05, 4.69) is 17.1 Å². The Morgan fingerprint density at radius 1 is 1.00 bits per heavy atom. The van der Waals surface area contributed by atoms with Gasteiger partial charge in [0.2, 0.25) is 0 Å². The summed E-state index contributed by atoms with van der Waals surface area (Å²) < 4.78 is 17.4. The first-order valence-corrected chi connectivity index (χ1v) is 14.7. The van der Waals surface area contributed by atoms with Gasteiger partial charge < -0.3 is 24.2 Å². The summed E-state index contributed by atoms with van der Waals surface area (Å²) in [6.07, 6.45) is 3.81. The summed E-state index contributed by atoms with van der Waals surface area (Å²) in [5.41, 5.74) is 3.94. The lowest BCUT2D eigenvalue weighted by Gasteiger charge is -2.27. The Bertz CT molecular complexity index is 1540. The summed E-state index contributed by atoms with van der Waals surface area (Å²) >= 11 is 6.30. The van der Waals surface area contributed by atoms with Crippen molar-refractivity contribution in [1.29, 1.82) is 0 Å². The predicted octanol–water partition coefficient (Wildman–Crippen LogP) is 7.20. The molecule has 0 bridgehead atoms. The average Bonchev–Trinajstić information content (AvgIpc) is 3.55. The fourth-order valence-electron chi connectivity index (χ4n) is 5.34. The first-order chi connectivity index (χ1) is 20.4. The number of H-pyrrole nitrogens is 1. The summed E-state index contributed by atoms with van der Waals surface area (Å²) in [5.74, 6) is 1.94. The number of hydrogen-bond donors (Lipinski definition) is 2. The first kappa shape index (κ1) is 29.3. The number of rotatable bonds is 13. The van der Waals surface area contributed by atoms with Gasteiger partial charge >= 0.3 is 0 Å². The van der Waals surface area contributed by atoms with E-state index in [1.165, 1.54) is 6.07 Å². The highest BCUT2D eigenvalue weighted by Gasteiger charge is 2.42. The van der Waals surface area contributed by atoms with Gasteiger partial charge in [-0.05, 0) is 73.4 Å². The molecule has 0 spiro atoms. The normalized spacial score (nSPS) is 14.2. The summed E-state index contributed by atoms with van der Waals surface area (Å²) in [6, 6.07) is 18.0. The van der Waals surface area contributed by atoms with E-state index in [9.17, 15) is 9.90 Å². The number of unbranched alkanes of at least 4 members (excludes halogenated alkanes) is 2. The van der Waals surface area contributed by atoms with Gasteiger partial charge in [0.05, 0.1) is 26.4 Å². The number of nitrogens with zero attached hydrogens (tertiary/aromatic N) is 2. The van der Waals surface area contributed by atoms with Crippen LogP contribution in [0.4, 0.5) is 0 Å². The van der Waals surface area contributed by atoms with Crippen molar-refractivity contribution < 1.29 is 24.1 Å². The number of halogens is 1. The topological polar surface area (TPSA) is 96.9 Å². The number of phenolic OH excluding ortho intramolecular Hbond substituents is 1. The second-order valence-electron chi connectivity index (χ2n) is 10.2. The van der Waals surface area contributed by atoms with Gasteiger partial charge in [-0.3, -0.25) is 9.89 Å². The van der Waals surface area contributed by atoms with Crippen molar-refractivity contribution in [3.63, 3.8) is 0 Å². The molecule has 3 aromatic carbocycles. The van der Waals surface area contributed by atoms with Gasteiger partial charge in [-0.15, -0.1) is 0 Å². The molecule has 8 nitrogen and oxygen atoms in total. The van der Waals surface area contributed by atoms with E-state index in [-0.39, 0.29) is 11.7 Å². The molecule has 0 radical (unpaired) electrons. The molecule has 42 heavy (non-hydrogen) atoms. The van der Waals surface area contributed by atoms with Crippen molar-refractivity contribution in [1.82, 2.24) is 15.1 Å². The average molecular weight is 590 g/mol. The maximum Gasteiger partial charge on any atom is 0.273 e. The molecule has 1 aromatic heterocycles. The molecule has 9 heteroatoms. The second-order valence-corrected chi connectivity index (χ2v) is 10.7. The molecule has 4 aromatic rings. The number of ether oxygens (including phenoxy) is 3. The zero-order valence-corrected chi connectivity index (χ0v) is 24.9. The predicted molar refractivity (Wildman–Crippen MR) is 163 cm³/mol. The lowest BCUT2D eigenvalue weighted by atomic mass is 9.95. The van der Waals surface area contributed by atoms with Gasteiger partial charge in [-0.25, -0.2) is 0 Å². The summed E-state index contributed by atoms with van der Waals surface area (Å²) in [6.45, 7) is 5.62. The van der Waals surface area contributed by atoms with Gasteiger partial charge in [-0.1, -0.05) is 49.6 Å². The van der Waals surface area contributed by atoms with Crippen LogP contribution in [-0.2, 0) is 6.42 Å². The number of fused-ring (bicyclic) bond motifs is 1. The Kier molecular flexibility index (Phi) is 9.22. The van der Waals surface area contributed by atoms with Crippen LogP contribution < -0.4 is 14.2 Å². The van der Waals surface area contributed by atoms with Crippen molar-refractivity contribution in [3.8, 4) is 34.3 Å². The van der Waals surface area contributed by atoms with Gasteiger partial charge in [0.15, 0.2) is 11.5 Å². The number of methoxy groups -OCH3 is 1. The van der Waals surface area contributed by atoms with E-state index in [4.69, 9.17) is 25.8 Å². The largest absolute Gasteiger partial charge is 0.507 e. The Morgan fingerprint density at radius 3 is 2.55 bits per heavy atom. The number of aromatic nitrogens is 2. The minimum absolute atomic E-state index is 0.0300. The van der Waals surface area contributed by atoms with Crippen molar-refractivity contribution in [2.75, 3.05) is 26.9 Å². The fraction of sp³-hybridized carbons (Fsp3) is 0.333. The lowest BCUT2D eigenvalue weighted by molar-refractivity contribution is 0.0745. The lowest BCUT2D eigenvalue weighted by Crippen LogP contribution is -2.31. The van der Waals surface area contributed by atoms with Gasteiger partial charge in [0.1, 0.15) is 22.9 Å². The van der Waals surface area contributed by atoms with Crippen LogP contribution in [0.25, 0.3) is 11.3 Å². The molecular weight excluding hydrogens is 554 g/mol. The SMILES string of the molecule is CCCCCOc1ccc(C2c3c(-c4cc(Cl)ccc4O)n[nH]c3C(=O)N2CCc2ccc(OC)cc2)cc1OCC. The highest BCUT2D eigenvalue weighted by Crippen LogP contribution is 2.46. The molecule has 1 aliphatic heterocycles. The van der Waals surface area contributed by atoms with E-state index in [1.54, 1.807) is 19.2 Å². The van der Waals surface area contributed by atoms with Crippen LogP contribution in [0.2, 0.25) is 5.02 Å². The molecule has 0 saturated carbocycles. The number of carbonyl (C=O) groups is 1. The number of nitrogens with one attached hydrogen (secondary N) is 1. The highest BCUT2D eigenvalue weighted by atomic mass is 35.5.